The Hall–Kier alpha value is -2.96. The average Bonchev–Trinajstić information content (AvgIpc) is 2.68. The van der Waals surface area contributed by atoms with E-state index in [0.29, 0.717) is 19.6 Å². The molecule has 3 heterocycles. The average molecular weight is 339 g/mol. The van der Waals surface area contributed by atoms with Gasteiger partial charge in [0, 0.05) is 38.6 Å². The molecule has 25 heavy (non-hydrogen) atoms. The Balaban J connectivity index is 1.42. The highest BCUT2D eigenvalue weighted by Crippen LogP contribution is 2.13. The van der Waals surface area contributed by atoms with E-state index in [4.69, 9.17) is 0 Å². The van der Waals surface area contributed by atoms with E-state index in [2.05, 4.69) is 20.2 Å². The molecule has 1 saturated heterocycles. The summed E-state index contributed by atoms with van der Waals surface area (Å²) >= 11 is 0. The highest BCUT2D eigenvalue weighted by molar-refractivity contribution is 5.96. The van der Waals surface area contributed by atoms with Crippen molar-refractivity contribution >= 4 is 17.6 Å². The number of hydrogen-bond donors (Lipinski definition) is 1. The van der Waals surface area contributed by atoms with Gasteiger partial charge < -0.3 is 15.1 Å². The zero-order chi connectivity index (χ0) is 17.5. The van der Waals surface area contributed by atoms with E-state index >= 15 is 0 Å². The molecular weight excluding hydrogens is 318 g/mol. The van der Waals surface area contributed by atoms with E-state index in [1.807, 2.05) is 36.4 Å². The second-order valence-electron chi connectivity index (χ2n) is 5.83. The summed E-state index contributed by atoms with van der Waals surface area (Å²) in [6.45, 7) is 2.98. The molecule has 2 amide bonds. The standard InChI is InChI=1S/C18H21N5O2/c24-17(21-14-15-5-1-3-7-19-15)13-18(25)23-11-9-22(10-12-23)16-6-2-4-8-20-16/h1-8H,9-14H2,(H,21,24). The zero-order valence-electron chi connectivity index (χ0n) is 14.0. The molecule has 0 radical (unpaired) electrons. The quantitative estimate of drug-likeness (QED) is 0.817. The molecule has 0 aliphatic carbocycles. The highest BCUT2D eigenvalue weighted by Gasteiger charge is 2.23. The lowest BCUT2D eigenvalue weighted by Crippen LogP contribution is -2.49. The first-order chi connectivity index (χ1) is 12.2. The fourth-order valence-electron chi connectivity index (χ4n) is 2.73. The lowest BCUT2D eigenvalue weighted by Gasteiger charge is -2.35. The van der Waals surface area contributed by atoms with Gasteiger partial charge in [0.2, 0.25) is 11.8 Å². The topological polar surface area (TPSA) is 78.4 Å². The van der Waals surface area contributed by atoms with Crippen molar-refractivity contribution in [2.45, 2.75) is 13.0 Å². The van der Waals surface area contributed by atoms with Crippen LogP contribution in [0.5, 0.6) is 0 Å². The van der Waals surface area contributed by atoms with Crippen molar-refractivity contribution in [3.63, 3.8) is 0 Å². The summed E-state index contributed by atoms with van der Waals surface area (Å²) < 4.78 is 0. The smallest absolute Gasteiger partial charge is 0.232 e. The van der Waals surface area contributed by atoms with Crippen LogP contribution in [0.1, 0.15) is 12.1 Å². The summed E-state index contributed by atoms with van der Waals surface area (Å²) in [5.41, 5.74) is 0.771. The molecule has 0 spiro atoms. The van der Waals surface area contributed by atoms with Gasteiger partial charge in [-0.15, -0.1) is 0 Å². The molecule has 7 heteroatoms. The van der Waals surface area contributed by atoms with Crippen LogP contribution in [0.3, 0.4) is 0 Å². The van der Waals surface area contributed by atoms with E-state index in [1.165, 1.54) is 0 Å². The van der Waals surface area contributed by atoms with Gasteiger partial charge in [0.1, 0.15) is 12.2 Å². The number of anilines is 1. The normalized spacial score (nSPS) is 14.2. The maximum atomic E-state index is 12.3. The maximum absolute atomic E-state index is 12.3. The van der Waals surface area contributed by atoms with Gasteiger partial charge in [-0.05, 0) is 24.3 Å². The predicted octanol–water partition coefficient (Wildman–Crippen LogP) is 0.832. The Labute approximate surface area is 146 Å². The van der Waals surface area contributed by atoms with Gasteiger partial charge in [0.15, 0.2) is 0 Å². The van der Waals surface area contributed by atoms with Crippen LogP contribution in [0, 0.1) is 0 Å². The molecule has 0 saturated carbocycles. The SMILES string of the molecule is O=C(CC(=O)N1CCN(c2ccccn2)CC1)NCc1ccccn1. The number of amides is 2. The Morgan fingerprint density at radius 3 is 2.32 bits per heavy atom. The fraction of sp³-hybridized carbons (Fsp3) is 0.333. The Bertz CT molecular complexity index is 700. The third kappa shape index (κ3) is 4.76. The van der Waals surface area contributed by atoms with Crippen LogP contribution in [0.4, 0.5) is 5.82 Å². The second kappa shape index (κ2) is 8.23. The molecule has 7 nitrogen and oxygen atoms in total. The molecule has 0 bridgehead atoms. The molecule has 0 unspecified atom stereocenters. The third-order valence-corrected chi connectivity index (χ3v) is 4.11. The maximum Gasteiger partial charge on any atom is 0.232 e. The number of rotatable bonds is 5. The fourth-order valence-corrected chi connectivity index (χ4v) is 2.73. The van der Waals surface area contributed by atoms with Crippen molar-refractivity contribution in [3.8, 4) is 0 Å². The summed E-state index contributed by atoms with van der Waals surface area (Å²) in [6.07, 6.45) is 3.31. The van der Waals surface area contributed by atoms with Crippen LogP contribution in [0.15, 0.2) is 48.8 Å². The zero-order valence-corrected chi connectivity index (χ0v) is 14.0. The van der Waals surface area contributed by atoms with Crippen LogP contribution >= 0.6 is 0 Å². The van der Waals surface area contributed by atoms with Gasteiger partial charge in [-0.1, -0.05) is 12.1 Å². The van der Waals surface area contributed by atoms with Gasteiger partial charge in [-0.3, -0.25) is 14.6 Å². The van der Waals surface area contributed by atoms with Crippen molar-refractivity contribution in [1.29, 1.82) is 0 Å². The first kappa shape index (κ1) is 16.9. The Morgan fingerprint density at radius 2 is 1.68 bits per heavy atom. The Kier molecular flexibility index (Phi) is 5.56. The molecule has 1 aliphatic heterocycles. The minimum Gasteiger partial charge on any atom is -0.353 e. The monoisotopic (exact) mass is 339 g/mol. The lowest BCUT2D eigenvalue weighted by molar-refractivity contribution is -0.136. The molecule has 0 aromatic carbocycles. The van der Waals surface area contributed by atoms with E-state index in [9.17, 15) is 9.59 Å². The molecule has 1 fully saturated rings. The van der Waals surface area contributed by atoms with Crippen LogP contribution in [-0.2, 0) is 16.1 Å². The van der Waals surface area contributed by atoms with Crippen LogP contribution in [0.2, 0.25) is 0 Å². The van der Waals surface area contributed by atoms with Crippen LogP contribution < -0.4 is 10.2 Å². The molecular formula is C18H21N5O2. The summed E-state index contributed by atoms with van der Waals surface area (Å²) in [4.78, 5) is 36.6. The van der Waals surface area contributed by atoms with E-state index in [0.717, 1.165) is 24.6 Å². The highest BCUT2D eigenvalue weighted by atomic mass is 16.2. The number of nitrogens with zero attached hydrogens (tertiary/aromatic N) is 4. The molecule has 0 atom stereocenters. The van der Waals surface area contributed by atoms with Crippen molar-refractivity contribution in [3.05, 3.63) is 54.5 Å². The van der Waals surface area contributed by atoms with Crippen molar-refractivity contribution < 1.29 is 9.59 Å². The molecule has 2 aromatic rings. The molecule has 1 N–H and O–H groups in total. The number of pyridine rings is 2. The van der Waals surface area contributed by atoms with E-state index in [1.54, 1.807) is 17.3 Å². The minimum atomic E-state index is -0.275. The number of piperazine rings is 1. The minimum absolute atomic E-state index is 0.129. The Morgan fingerprint density at radius 1 is 0.960 bits per heavy atom. The molecule has 3 rings (SSSR count). The van der Waals surface area contributed by atoms with Gasteiger partial charge >= 0.3 is 0 Å². The number of aromatic nitrogens is 2. The third-order valence-electron chi connectivity index (χ3n) is 4.11. The second-order valence-corrected chi connectivity index (χ2v) is 5.83. The summed E-state index contributed by atoms with van der Waals surface area (Å²) in [5.74, 6) is 0.504. The number of nitrogens with one attached hydrogen (secondary N) is 1. The number of carbonyl (C=O) groups is 2. The molecule has 2 aromatic heterocycles. The van der Waals surface area contributed by atoms with Crippen LogP contribution in [0.25, 0.3) is 0 Å². The lowest BCUT2D eigenvalue weighted by atomic mass is 10.2. The molecule has 1 aliphatic rings. The van der Waals surface area contributed by atoms with Gasteiger partial charge in [-0.2, -0.15) is 0 Å². The van der Waals surface area contributed by atoms with Gasteiger partial charge in [-0.25, -0.2) is 4.98 Å². The van der Waals surface area contributed by atoms with Crippen molar-refractivity contribution in [2.24, 2.45) is 0 Å². The first-order valence-electron chi connectivity index (χ1n) is 8.33. The number of carbonyl (C=O) groups excluding carboxylic acids is 2. The summed E-state index contributed by atoms with van der Waals surface area (Å²) in [5, 5.41) is 2.73. The first-order valence-corrected chi connectivity index (χ1v) is 8.33. The van der Waals surface area contributed by atoms with Crippen molar-refractivity contribution in [2.75, 3.05) is 31.1 Å². The summed E-state index contributed by atoms with van der Waals surface area (Å²) in [6, 6.07) is 11.3. The van der Waals surface area contributed by atoms with E-state index in [-0.39, 0.29) is 18.2 Å². The van der Waals surface area contributed by atoms with Crippen molar-refractivity contribution in [1.82, 2.24) is 20.2 Å². The van der Waals surface area contributed by atoms with Gasteiger partial charge in [0.05, 0.1) is 12.2 Å². The van der Waals surface area contributed by atoms with Crippen LogP contribution in [-0.4, -0.2) is 52.9 Å². The largest absolute Gasteiger partial charge is 0.353 e. The predicted molar refractivity (Wildman–Crippen MR) is 93.7 cm³/mol. The summed E-state index contributed by atoms with van der Waals surface area (Å²) in [7, 11) is 0. The number of hydrogen-bond acceptors (Lipinski definition) is 5. The van der Waals surface area contributed by atoms with E-state index < -0.39 is 0 Å². The molecule has 130 valence electrons. The van der Waals surface area contributed by atoms with Gasteiger partial charge in [0.25, 0.3) is 0 Å².